The van der Waals surface area contributed by atoms with E-state index in [4.69, 9.17) is 28.7 Å². The molecule has 2 fully saturated rings. The number of benzene rings is 1. The zero-order chi connectivity index (χ0) is 58.8. The van der Waals surface area contributed by atoms with Gasteiger partial charge in [0.15, 0.2) is 0 Å². The van der Waals surface area contributed by atoms with E-state index in [1.54, 1.807) is 44.2 Å². The maximum Gasteiger partial charge on any atom is 0.245 e. The first-order chi connectivity index (χ1) is 37.5. The number of rotatable bonds is 22. The van der Waals surface area contributed by atoms with Crippen molar-refractivity contribution < 1.29 is 58.2 Å². The molecule has 444 valence electrons. The van der Waals surface area contributed by atoms with Gasteiger partial charge >= 0.3 is 0 Å². The average molecular weight is 1120 g/mol. The third-order valence-corrected chi connectivity index (χ3v) is 13.8. The van der Waals surface area contributed by atoms with Gasteiger partial charge in [0.1, 0.15) is 54.4 Å². The van der Waals surface area contributed by atoms with Crippen LogP contribution >= 0.6 is 0 Å². The van der Waals surface area contributed by atoms with Crippen molar-refractivity contribution in [2.45, 2.75) is 184 Å². The molecule has 2 unspecified atom stereocenters. The minimum Gasteiger partial charge on any atom is -0.391 e. The molecule has 12 atom stereocenters. The Balaban J connectivity index is 2.08. The van der Waals surface area contributed by atoms with Crippen molar-refractivity contribution >= 4 is 59.1 Å². The molecule has 0 aromatic heterocycles. The molecule has 0 radical (unpaired) electrons. The van der Waals surface area contributed by atoms with Gasteiger partial charge in [0.05, 0.1) is 12.2 Å². The molecule has 1 aromatic carbocycles. The van der Waals surface area contributed by atoms with Crippen LogP contribution in [-0.2, 0) is 54.4 Å². The van der Waals surface area contributed by atoms with Gasteiger partial charge < -0.3 is 92.0 Å². The lowest BCUT2D eigenvalue weighted by molar-refractivity contribution is -0.136. The van der Waals surface area contributed by atoms with E-state index in [0.29, 0.717) is 5.56 Å². The Kier molecular flexibility index (Phi) is 29.3. The summed E-state index contributed by atoms with van der Waals surface area (Å²) >= 11 is 0. The quantitative estimate of drug-likeness (QED) is 0.0515. The lowest BCUT2D eigenvalue weighted by atomic mass is 9.83. The number of aliphatic hydroxyl groups is 2. The molecule has 1 saturated heterocycles. The molecule has 2 aliphatic rings. The van der Waals surface area contributed by atoms with Gasteiger partial charge in [-0.25, -0.2) is 0 Å². The fourth-order valence-electron chi connectivity index (χ4n) is 9.36. The number of amides is 10. The molecule has 1 saturated carbocycles. The third-order valence-electron chi connectivity index (χ3n) is 13.8. The van der Waals surface area contributed by atoms with Crippen LogP contribution in [0, 0.1) is 11.8 Å². The van der Waals surface area contributed by atoms with Crippen LogP contribution < -0.4 is 81.8 Å². The number of hydrogen-bond donors (Lipinski definition) is 17. The fourth-order valence-corrected chi connectivity index (χ4v) is 9.36. The average Bonchev–Trinajstić information content (AvgIpc) is 3.40. The first kappa shape index (κ1) is 66.9. The molecule has 27 heteroatoms. The fraction of sp³-hybridized carbons (Fsp3) is 0.692. The highest BCUT2D eigenvalue weighted by molar-refractivity contribution is 5.99. The predicted octanol–water partition coefficient (Wildman–Crippen LogP) is -5.39. The van der Waals surface area contributed by atoms with E-state index in [1.165, 1.54) is 13.8 Å². The Morgan fingerprint density at radius 3 is 1.63 bits per heavy atom. The van der Waals surface area contributed by atoms with Gasteiger partial charge in [-0.05, 0) is 109 Å². The maximum atomic E-state index is 14.5. The molecular weight excluding hydrogens is 1030 g/mol. The predicted molar refractivity (Wildman–Crippen MR) is 292 cm³/mol. The van der Waals surface area contributed by atoms with Gasteiger partial charge in [0.2, 0.25) is 59.1 Å². The molecule has 79 heavy (non-hydrogen) atoms. The number of carbonyl (C=O) groups is 10. The van der Waals surface area contributed by atoms with E-state index in [-0.39, 0.29) is 83.0 Å². The Hall–Kier alpha value is -6.36. The van der Waals surface area contributed by atoms with E-state index < -0.39 is 145 Å². The number of nitrogens with two attached hydrogens (primary N) is 5. The minimum absolute atomic E-state index is 0.0591. The van der Waals surface area contributed by atoms with Crippen molar-refractivity contribution in [2.24, 2.45) is 40.5 Å². The maximum absolute atomic E-state index is 14.5. The lowest BCUT2D eigenvalue weighted by Gasteiger charge is -2.29. The van der Waals surface area contributed by atoms with Gasteiger partial charge in [0.25, 0.3) is 0 Å². The van der Waals surface area contributed by atoms with Gasteiger partial charge in [-0.2, -0.15) is 0 Å². The van der Waals surface area contributed by atoms with Crippen LogP contribution in [0.5, 0.6) is 0 Å². The molecule has 1 aromatic rings. The highest BCUT2D eigenvalue weighted by Crippen LogP contribution is 2.27. The van der Waals surface area contributed by atoms with E-state index in [1.807, 2.05) is 0 Å². The summed E-state index contributed by atoms with van der Waals surface area (Å²) < 4.78 is 0. The standard InChI is InChI=1S/C52H89N15O12/c1-28(2)25-39-49(76)61-34(15-20-53)44(71)60-37(18-23-56)48(75)67-42(29(3)68)51(78)58-24-19-38(47(74)59-35(16-21-54)46(73)65-40(50(77)64-39)26-31-11-7-5-8-12-31)62-45(72)36(17-22-55)63-52(79)43(30(4)69)66-41(70)27-33(57)32-13-9-6-10-14-32/h5,7-8,11-12,28-30,32-40,42-43,68-69H,6,9-10,13-27,53-57H2,1-4H3,(H,58,78)(H,59,74)(H,60,71)(H,61,76)(H,62,72)(H,63,79)(H,64,77)(H,65,73)(H,66,70)(H,67,75)/t29-,30?,33?,34-,35-,36-,37-,38-,39-,40+,42-,43-/m0/s1. The first-order valence-corrected chi connectivity index (χ1v) is 27.5. The van der Waals surface area contributed by atoms with Crippen LogP contribution in [-0.4, -0.2) is 175 Å². The van der Waals surface area contributed by atoms with Crippen molar-refractivity contribution in [3.8, 4) is 0 Å². The molecule has 0 bridgehead atoms. The van der Waals surface area contributed by atoms with Gasteiger partial charge in [-0.15, -0.1) is 0 Å². The molecule has 1 heterocycles. The summed E-state index contributed by atoms with van der Waals surface area (Å²) in [5.41, 5.74) is 30.5. The third kappa shape index (κ3) is 22.7. The topological polar surface area (TPSA) is 462 Å². The van der Waals surface area contributed by atoms with Gasteiger partial charge in [-0.1, -0.05) is 63.4 Å². The minimum atomic E-state index is -1.66. The summed E-state index contributed by atoms with van der Waals surface area (Å²) in [6, 6.07) is -5.07. The molecule has 1 aliphatic carbocycles. The van der Waals surface area contributed by atoms with Crippen LogP contribution in [0.25, 0.3) is 0 Å². The number of hydrogen-bond acceptors (Lipinski definition) is 17. The second kappa shape index (κ2) is 34.6. The molecule has 3 rings (SSSR count). The van der Waals surface area contributed by atoms with Crippen LogP contribution in [0.1, 0.15) is 110 Å². The van der Waals surface area contributed by atoms with Gasteiger partial charge in [-0.3, -0.25) is 47.9 Å². The van der Waals surface area contributed by atoms with Crippen LogP contribution in [0.4, 0.5) is 0 Å². The zero-order valence-corrected chi connectivity index (χ0v) is 46.1. The van der Waals surface area contributed by atoms with E-state index in [9.17, 15) is 58.2 Å². The zero-order valence-electron chi connectivity index (χ0n) is 46.1. The number of nitrogens with one attached hydrogen (secondary N) is 10. The molecule has 10 amide bonds. The van der Waals surface area contributed by atoms with E-state index >= 15 is 0 Å². The SMILES string of the molecule is CC(C)C[C@@H]1NC(=O)[C@@H](Cc2ccccc2)NC(=O)[C@H](CCN)NC(=O)[C@@H](NC(=O)[C@H](CCN)NC(=O)[C@@H](NC(=O)CC(N)C2CCCCC2)C(C)O)CCNC(=O)[C@H]([C@H](C)O)NC(=O)[C@H](CCN)NC(=O)[C@H](CCN)NC1=O. The first-order valence-electron chi connectivity index (χ1n) is 27.5. The van der Waals surface area contributed by atoms with Crippen molar-refractivity contribution in [3.63, 3.8) is 0 Å². The Morgan fingerprint density at radius 1 is 0.608 bits per heavy atom. The number of aliphatic hydroxyl groups excluding tert-OH is 2. The number of carbonyl (C=O) groups excluding carboxylic acids is 10. The van der Waals surface area contributed by atoms with Gasteiger partial charge in [0, 0.05) is 25.4 Å². The second-order valence-electron chi connectivity index (χ2n) is 20.9. The summed E-state index contributed by atoms with van der Waals surface area (Å²) in [7, 11) is 0. The molecule has 0 spiro atoms. The van der Waals surface area contributed by atoms with Crippen molar-refractivity contribution in [3.05, 3.63) is 35.9 Å². The second-order valence-corrected chi connectivity index (χ2v) is 20.9. The van der Waals surface area contributed by atoms with Crippen LogP contribution in [0.2, 0.25) is 0 Å². The monoisotopic (exact) mass is 1120 g/mol. The summed E-state index contributed by atoms with van der Waals surface area (Å²) in [6.45, 7) is 5.05. The Bertz CT molecular complexity index is 2170. The summed E-state index contributed by atoms with van der Waals surface area (Å²) in [6.07, 6.45) is 0.508. The smallest absolute Gasteiger partial charge is 0.245 e. The van der Waals surface area contributed by atoms with Crippen LogP contribution in [0.3, 0.4) is 0 Å². The lowest BCUT2D eigenvalue weighted by Crippen LogP contribution is -2.61. The van der Waals surface area contributed by atoms with Crippen molar-refractivity contribution in [1.82, 2.24) is 53.2 Å². The summed E-state index contributed by atoms with van der Waals surface area (Å²) in [4.78, 5) is 140. The Morgan fingerprint density at radius 2 is 1.11 bits per heavy atom. The van der Waals surface area contributed by atoms with E-state index in [0.717, 1.165) is 32.1 Å². The largest absolute Gasteiger partial charge is 0.391 e. The molecular formula is C52H89N15O12. The van der Waals surface area contributed by atoms with Crippen LogP contribution in [0.15, 0.2) is 30.3 Å². The highest BCUT2D eigenvalue weighted by atomic mass is 16.3. The van der Waals surface area contributed by atoms with Crippen molar-refractivity contribution in [1.29, 1.82) is 0 Å². The molecule has 22 N–H and O–H groups in total. The highest BCUT2D eigenvalue weighted by Gasteiger charge is 2.37. The summed E-state index contributed by atoms with van der Waals surface area (Å²) in [5, 5.41) is 47.1. The normalized spacial score (nSPS) is 24.8. The van der Waals surface area contributed by atoms with E-state index in [2.05, 4.69) is 53.2 Å². The Labute approximate surface area is 462 Å². The van der Waals surface area contributed by atoms with Crippen molar-refractivity contribution in [2.75, 3.05) is 32.7 Å². The molecule has 27 nitrogen and oxygen atoms in total. The molecule has 1 aliphatic heterocycles. The summed E-state index contributed by atoms with van der Waals surface area (Å²) in [5.74, 6) is -8.86.